The predicted molar refractivity (Wildman–Crippen MR) is 60.2 cm³/mol. The smallest absolute Gasteiger partial charge is 0.312 e. The number of nitrogens with zero attached hydrogens (tertiary/aromatic N) is 1. The zero-order valence-corrected chi connectivity index (χ0v) is 8.72. The zero-order valence-electron chi connectivity index (χ0n) is 8.72. The van der Waals surface area contributed by atoms with Crippen LogP contribution in [0.5, 0.6) is 0 Å². The molecule has 16 heavy (non-hydrogen) atoms. The first-order chi connectivity index (χ1) is 7.83. The lowest BCUT2D eigenvalue weighted by atomic mass is 10.1. The molecule has 0 spiro atoms. The van der Waals surface area contributed by atoms with Crippen molar-refractivity contribution in [3.8, 4) is 5.69 Å². The van der Waals surface area contributed by atoms with Crippen LogP contribution in [0.4, 0.5) is 0 Å². The van der Waals surface area contributed by atoms with Crippen LogP contribution < -0.4 is 11.6 Å². The molecule has 0 aliphatic heterocycles. The van der Waals surface area contributed by atoms with Crippen molar-refractivity contribution in [3.63, 3.8) is 0 Å². The summed E-state index contributed by atoms with van der Waals surface area (Å²) in [7, 11) is 0. The molecule has 1 aromatic carbocycles. The van der Waals surface area contributed by atoms with Gasteiger partial charge >= 0.3 is 5.69 Å². The molecule has 1 aromatic heterocycles. The van der Waals surface area contributed by atoms with Gasteiger partial charge in [0.05, 0.1) is 12.3 Å². The number of nitrogens with two attached hydrogens (primary N) is 1. The first-order valence-electron chi connectivity index (χ1n) is 4.99. The quantitative estimate of drug-likeness (QED) is 0.739. The van der Waals surface area contributed by atoms with Gasteiger partial charge in [0, 0.05) is 12.4 Å². The van der Waals surface area contributed by atoms with Crippen LogP contribution in [0.2, 0.25) is 0 Å². The minimum atomic E-state index is -0.152. The van der Waals surface area contributed by atoms with Gasteiger partial charge in [-0.1, -0.05) is 18.2 Å². The van der Waals surface area contributed by atoms with Crippen LogP contribution in [0.3, 0.4) is 0 Å². The number of H-pyrrole nitrogens is 1. The normalized spacial score (nSPS) is 10.6. The third-order valence-corrected chi connectivity index (χ3v) is 2.39. The molecule has 84 valence electrons. The molecule has 0 radical (unpaired) electrons. The SMILES string of the molecule is NOCCc1ccccc1-n1cc[nH]c1=O. The van der Waals surface area contributed by atoms with Gasteiger partial charge in [0.2, 0.25) is 0 Å². The Balaban J connectivity index is 2.40. The van der Waals surface area contributed by atoms with E-state index in [9.17, 15) is 4.79 Å². The Labute approximate surface area is 92.4 Å². The lowest BCUT2D eigenvalue weighted by molar-refractivity contribution is 0.141. The Hall–Kier alpha value is -1.85. The van der Waals surface area contributed by atoms with Crippen LogP contribution in [0.1, 0.15) is 5.56 Å². The summed E-state index contributed by atoms with van der Waals surface area (Å²) in [6.07, 6.45) is 3.98. The summed E-state index contributed by atoms with van der Waals surface area (Å²) >= 11 is 0. The Bertz CT molecular complexity index is 516. The fourth-order valence-electron chi connectivity index (χ4n) is 1.64. The fourth-order valence-corrected chi connectivity index (χ4v) is 1.64. The Morgan fingerprint density at radius 2 is 2.19 bits per heavy atom. The molecule has 2 rings (SSSR count). The number of para-hydroxylation sites is 1. The van der Waals surface area contributed by atoms with Gasteiger partial charge in [-0.2, -0.15) is 0 Å². The minimum absolute atomic E-state index is 0.152. The van der Waals surface area contributed by atoms with Gasteiger partial charge in [0.15, 0.2) is 0 Å². The molecule has 1 heterocycles. The summed E-state index contributed by atoms with van der Waals surface area (Å²) in [4.78, 5) is 18.7. The number of hydrogen-bond donors (Lipinski definition) is 2. The average molecular weight is 219 g/mol. The summed E-state index contributed by atoms with van der Waals surface area (Å²) in [6, 6.07) is 7.66. The molecule has 5 nitrogen and oxygen atoms in total. The molecule has 2 aromatic rings. The average Bonchev–Trinajstić information content (AvgIpc) is 2.73. The van der Waals surface area contributed by atoms with Crippen molar-refractivity contribution in [3.05, 3.63) is 52.7 Å². The largest absolute Gasteiger partial charge is 0.330 e. The van der Waals surface area contributed by atoms with Crippen molar-refractivity contribution in [1.82, 2.24) is 9.55 Å². The maximum Gasteiger partial charge on any atom is 0.330 e. The highest BCUT2D eigenvalue weighted by Crippen LogP contribution is 2.12. The minimum Gasteiger partial charge on any atom is -0.312 e. The van der Waals surface area contributed by atoms with Crippen LogP contribution in [0, 0.1) is 0 Å². The number of aromatic nitrogens is 2. The summed E-state index contributed by atoms with van der Waals surface area (Å²) in [5.41, 5.74) is 1.72. The van der Waals surface area contributed by atoms with Crippen LogP contribution in [-0.2, 0) is 11.3 Å². The maximum absolute atomic E-state index is 11.5. The van der Waals surface area contributed by atoms with Crippen LogP contribution in [0.25, 0.3) is 5.69 Å². The Kier molecular flexibility index (Phi) is 3.19. The molecule has 5 heteroatoms. The predicted octanol–water partition coefficient (Wildman–Crippen LogP) is 0.598. The maximum atomic E-state index is 11.5. The van der Waals surface area contributed by atoms with Gasteiger partial charge in [-0.3, -0.25) is 4.57 Å². The van der Waals surface area contributed by atoms with E-state index in [1.807, 2.05) is 24.3 Å². The number of benzene rings is 1. The Morgan fingerprint density at radius 3 is 2.88 bits per heavy atom. The third-order valence-electron chi connectivity index (χ3n) is 2.39. The van der Waals surface area contributed by atoms with E-state index in [1.165, 1.54) is 0 Å². The van der Waals surface area contributed by atoms with Gasteiger partial charge in [0.1, 0.15) is 0 Å². The van der Waals surface area contributed by atoms with Gasteiger partial charge in [-0.15, -0.1) is 0 Å². The number of nitrogens with one attached hydrogen (secondary N) is 1. The second-order valence-corrected chi connectivity index (χ2v) is 3.38. The zero-order chi connectivity index (χ0) is 11.4. The molecule has 0 amide bonds. The van der Waals surface area contributed by atoms with Crippen molar-refractivity contribution < 1.29 is 4.84 Å². The molecule has 3 N–H and O–H groups in total. The summed E-state index contributed by atoms with van der Waals surface area (Å²) < 4.78 is 1.56. The second-order valence-electron chi connectivity index (χ2n) is 3.38. The van der Waals surface area contributed by atoms with E-state index in [-0.39, 0.29) is 5.69 Å². The van der Waals surface area contributed by atoms with E-state index in [1.54, 1.807) is 17.0 Å². The molecule has 0 aliphatic rings. The second kappa shape index (κ2) is 4.78. The van der Waals surface area contributed by atoms with E-state index in [0.717, 1.165) is 11.3 Å². The third kappa shape index (κ3) is 2.05. The molecule has 0 aliphatic carbocycles. The number of aromatic amines is 1. The van der Waals surface area contributed by atoms with E-state index < -0.39 is 0 Å². The molecule has 0 fully saturated rings. The molecular weight excluding hydrogens is 206 g/mol. The summed E-state index contributed by atoms with van der Waals surface area (Å²) in [5, 5.41) is 0. The highest BCUT2D eigenvalue weighted by molar-refractivity contribution is 5.41. The summed E-state index contributed by atoms with van der Waals surface area (Å²) in [6.45, 7) is 0.427. The Morgan fingerprint density at radius 1 is 1.38 bits per heavy atom. The van der Waals surface area contributed by atoms with Crippen molar-refractivity contribution in [2.24, 2.45) is 5.90 Å². The van der Waals surface area contributed by atoms with Crippen molar-refractivity contribution in [2.45, 2.75) is 6.42 Å². The molecule has 0 bridgehead atoms. The van der Waals surface area contributed by atoms with E-state index in [0.29, 0.717) is 13.0 Å². The molecule has 0 unspecified atom stereocenters. The highest BCUT2D eigenvalue weighted by atomic mass is 16.6. The number of imidazole rings is 1. The van der Waals surface area contributed by atoms with Gasteiger partial charge in [0.25, 0.3) is 0 Å². The van der Waals surface area contributed by atoms with Crippen molar-refractivity contribution in [2.75, 3.05) is 6.61 Å². The number of rotatable bonds is 4. The van der Waals surface area contributed by atoms with Gasteiger partial charge < -0.3 is 9.82 Å². The van der Waals surface area contributed by atoms with Crippen LogP contribution in [-0.4, -0.2) is 16.2 Å². The first-order valence-corrected chi connectivity index (χ1v) is 4.99. The number of hydrogen-bond acceptors (Lipinski definition) is 3. The van der Waals surface area contributed by atoms with Crippen LogP contribution in [0.15, 0.2) is 41.5 Å². The lowest BCUT2D eigenvalue weighted by Crippen LogP contribution is -2.16. The highest BCUT2D eigenvalue weighted by Gasteiger charge is 2.05. The topological polar surface area (TPSA) is 73.0 Å². The molecule has 0 saturated carbocycles. The van der Waals surface area contributed by atoms with E-state index >= 15 is 0 Å². The fraction of sp³-hybridized carbons (Fsp3) is 0.182. The van der Waals surface area contributed by atoms with Crippen molar-refractivity contribution in [1.29, 1.82) is 0 Å². The lowest BCUT2D eigenvalue weighted by Gasteiger charge is -2.08. The van der Waals surface area contributed by atoms with Gasteiger partial charge in [-0.25, -0.2) is 10.7 Å². The van der Waals surface area contributed by atoms with E-state index in [2.05, 4.69) is 9.82 Å². The van der Waals surface area contributed by atoms with Crippen molar-refractivity contribution >= 4 is 0 Å². The molecule has 0 atom stereocenters. The first kappa shape index (κ1) is 10.7. The standard InChI is InChI=1S/C11H13N3O2/c12-16-8-5-9-3-1-2-4-10(9)14-7-6-13-11(14)15/h1-4,6-7H,5,8,12H2,(H,13,15). The van der Waals surface area contributed by atoms with E-state index in [4.69, 9.17) is 5.90 Å². The molecular formula is C11H13N3O2. The monoisotopic (exact) mass is 219 g/mol. The van der Waals surface area contributed by atoms with Crippen LogP contribution >= 0.6 is 0 Å². The molecule has 0 saturated heterocycles. The summed E-state index contributed by atoms with van der Waals surface area (Å²) in [5.74, 6) is 5.00. The van der Waals surface area contributed by atoms with Gasteiger partial charge in [-0.05, 0) is 18.1 Å².